The number of hydrogen-bond donors (Lipinski definition) is 0. The molecule has 2 saturated heterocycles. The Bertz CT molecular complexity index is 742. The second-order valence-corrected chi connectivity index (χ2v) is 7.56. The molecule has 3 heterocycles. The van der Waals surface area contributed by atoms with Gasteiger partial charge in [-0.3, -0.25) is 14.5 Å². The number of aromatic nitrogens is 2. The normalized spacial score (nSPS) is 24.6. The summed E-state index contributed by atoms with van der Waals surface area (Å²) in [5.74, 6) is 0. The molecule has 1 aromatic carbocycles. The maximum atomic E-state index is 5.99. The van der Waals surface area contributed by atoms with Crippen molar-refractivity contribution in [3.05, 3.63) is 52.8 Å². The average Bonchev–Trinajstić information content (AvgIpc) is 2.95. The molecule has 140 valence electrons. The first-order valence-corrected chi connectivity index (χ1v) is 9.81. The van der Waals surface area contributed by atoms with Crippen LogP contribution in [0.5, 0.6) is 0 Å². The van der Waals surface area contributed by atoms with E-state index in [9.17, 15) is 0 Å². The number of hydrogen-bond acceptors (Lipinski definition) is 4. The maximum absolute atomic E-state index is 5.99. The zero-order valence-corrected chi connectivity index (χ0v) is 16.2. The smallest absolute Gasteiger partial charge is 0.0664 e. The van der Waals surface area contributed by atoms with E-state index in [0.717, 1.165) is 45.9 Å². The van der Waals surface area contributed by atoms with Gasteiger partial charge in [0.05, 0.1) is 24.9 Å². The summed E-state index contributed by atoms with van der Waals surface area (Å²) >= 11 is 0. The molecule has 2 fully saturated rings. The monoisotopic (exact) mass is 354 g/mol. The van der Waals surface area contributed by atoms with E-state index < -0.39 is 0 Å². The van der Waals surface area contributed by atoms with Crippen molar-refractivity contribution in [3.63, 3.8) is 0 Å². The van der Waals surface area contributed by atoms with Crippen molar-refractivity contribution >= 4 is 0 Å². The summed E-state index contributed by atoms with van der Waals surface area (Å²) in [5, 5.41) is 4.68. The minimum Gasteiger partial charge on any atom is -0.378 e. The lowest BCUT2D eigenvalue weighted by molar-refractivity contribution is -0.0836. The van der Waals surface area contributed by atoms with Crippen LogP contribution >= 0.6 is 0 Å². The van der Waals surface area contributed by atoms with E-state index in [1.54, 1.807) is 0 Å². The minimum absolute atomic E-state index is 0.392. The van der Waals surface area contributed by atoms with Gasteiger partial charge in [0, 0.05) is 50.0 Å². The third kappa shape index (κ3) is 3.31. The second-order valence-electron chi connectivity index (χ2n) is 7.56. The van der Waals surface area contributed by atoms with Crippen molar-refractivity contribution in [1.29, 1.82) is 0 Å². The summed E-state index contributed by atoms with van der Waals surface area (Å²) in [4.78, 5) is 5.24. The van der Waals surface area contributed by atoms with Gasteiger partial charge in [-0.15, -0.1) is 0 Å². The molecular weight excluding hydrogens is 324 g/mol. The van der Waals surface area contributed by atoms with Gasteiger partial charge in [-0.1, -0.05) is 30.3 Å². The molecule has 4 rings (SSSR count). The van der Waals surface area contributed by atoms with Crippen molar-refractivity contribution in [2.45, 2.75) is 45.9 Å². The highest BCUT2D eigenvalue weighted by atomic mass is 16.5. The third-order valence-corrected chi connectivity index (χ3v) is 6.00. The Morgan fingerprint density at radius 1 is 1.12 bits per heavy atom. The van der Waals surface area contributed by atoms with Crippen LogP contribution in [0.4, 0.5) is 0 Å². The summed E-state index contributed by atoms with van der Waals surface area (Å²) in [6.45, 7) is 13.4. The number of morpholine rings is 1. The van der Waals surface area contributed by atoms with Crippen LogP contribution in [0, 0.1) is 13.8 Å². The Balaban J connectivity index is 1.46. The van der Waals surface area contributed by atoms with E-state index in [4.69, 9.17) is 4.74 Å². The first kappa shape index (κ1) is 17.7. The van der Waals surface area contributed by atoms with Crippen LogP contribution in [0.2, 0.25) is 0 Å². The van der Waals surface area contributed by atoms with Crippen molar-refractivity contribution < 1.29 is 4.74 Å². The molecule has 0 amide bonds. The van der Waals surface area contributed by atoms with Gasteiger partial charge in [-0.25, -0.2) is 0 Å². The van der Waals surface area contributed by atoms with Gasteiger partial charge in [-0.05, 0) is 26.3 Å². The molecule has 2 aliphatic rings. The lowest BCUT2D eigenvalue weighted by atomic mass is 10.00. The first-order chi connectivity index (χ1) is 12.7. The number of benzene rings is 1. The number of piperazine rings is 1. The fourth-order valence-corrected chi connectivity index (χ4v) is 4.50. The molecule has 0 bridgehead atoms. The fraction of sp³-hybridized carbons (Fsp3) is 0.571. The SMILES string of the molecule is CCn1nc(C)c(CN2CCN3[C@@H](COC[C@@H]3c3ccccc3)C2)c1C. The van der Waals surface area contributed by atoms with Gasteiger partial charge in [0.1, 0.15) is 0 Å². The Morgan fingerprint density at radius 3 is 2.65 bits per heavy atom. The van der Waals surface area contributed by atoms with Crippen LogP contribution in [0.15, 0.2) is 30.3 Å². The zero-order valence-electron chi connectivity index (χ0n) is 16.2. The molecule has 0 saturated carbocycles. The number of fused-ring (bicyclic) bond motifs is 1. The number of ether oxygens (including phenoxy) is 1. The van der Waals surface area contributed by atoms with Crippen molar-refractivity contribution in [2.75, 3.05) is 32.8 Å². The first-order valence-electron chi connectivity index (χ1n) is 9.81. The zero-order chi connectivity index (χ0) is 18.1. The van der Waals surface area contributed by atoms with E-state index >= 15 is 0 Å². The number of nitrogens with zero attached hydrogens (tertiary/aromatic N) is 4. The van der Waals surface area contributed by atoms with Gasteiger partial charge >= 0.3 is 0 Å². The van der Waals surface area contributed by atoms with Gasteiger partial charge in [0.25, 0.3) is 0 Å². The molecule has 5 nitrogen and oxygen atoms in total. The highest BCUT2D eigenvalue weighted by Gasteiger charge is 2.36. The molecule has 0 radical (unpaired) electrons. The fourth-order valence-electron chi connectivity index (χ4n) is 4.50. The van der Waals surface area contributed by atoms with Crippen LogP contribution in [0.1, 0.15) is 35.5 Å². The highest BCUT2D eigenvalue weighted by molar-refractivity contribution is 5.25. The predicted molar refractivity (Wildman–Crippen MR) is 103 cm³/mol. The average molecular weight is 354 g/mol. The van der Waals surface area contributed by atoms with E-state index in [-0.39, 0.29) is 0 Å². The van der Waals surface area contributed by atoms with Crippen LogP contribution in [0.25, 0.3) is 0 Å². The molecule has 0 unspecified atom stereocenters. The maximum Gasteiger partial charge on any atom is 0.0664 e. The summed E-state index contributed by atoms with van der Waals surface area (Å²) in [5.41, 5.74) is 5.27. The standard InChI is InChI=1S/C21H30N4O/c1-4-25-17(3)20(16(2)22-25)13-23-10-11-24-19(12-23)14-26-15-21(24)18-8-6-5-7-9-18/h5-9,19,21H,4,10-15H2,1-3H3/t19-,21-/m1/s1. The molecule has 26 heavy (non-hydrogen) atoms. The predicted octanol–water partition coefficient (Wildman–Crippen LogP) is 2.78. The Morgan fingerprint density at radius 2 is 1.92 bits per heavy atom. The Labute approximate surface area is 156 Å². The van der Waals surface area contributed by atoms with E-state index in [1.165, 1.54) is 22.5 Å². The summed E-state index contributed by atoms with van der Waals surface area (Å²) in [6, 6.07) is 11.7. The topological polar surface area (TPSA) is 33.5 Å². The van der Waals surface area contributed by atoms with Gasteiger partial charge in [0.2, 0.25) is 0 Å². The van der Waals surface area contributed by atoms with E-state index in [0.29, 0.717) is 12.1 Å². The molecule has 0 spiro atoms. The largest absolute Gasteiger partial charge is 0.378 e. The summed E-state index contributed by atoms with van der Waals surface area (Å²) < 4.78 is 8.11. The molecule has 0 N–H and O–H groups in total. The molecule has 2 aromatic rings. The van der Waals surface area contributed by atoms with Crippen LogP contribution in [-0.4, -0.2) is 58.5 Å². The van der Waals surface area contributed by atoms with Gasteiger partial charge < -0.3 is 4.74 Å². The van der Waals surface area contributed by atoms with Gasteiger partial charge in [0.15, 0.2) is 0 Å². The number of rotatable bonds is 4. The minimum atomic E-state index is 0.392. The molecule has 0 aliphatic carbocycles. The quantitative estimate of drug-likeness (QED) is 0.845. The lowest BCUT2D eigenvalue weighted by Crippen LogP contribution is -2.58. The molecule has 2 atom stereocenters. The summed E-state index contributed by atoms with van der Waals surface area (Å²) in [6.07, 6.45) is 0. The molecule has 5 heteroatoms. The van der Waals surface area contributed by atoms with Crippen molar-refractivity contribution in [1.82, 2.24) is 19.6 Å². The van der Waals surface area contributed by atoms with Crippen molar-refractivity contribution in [2.24, 2.45) is 0 Å². The molecule has 1 aromatic heterocycles. The Kier molecular flexibility index (Phi) is 5.11. The van der Waals surface area contributed by atoms with Crippen LogP contribution in [0.3, 0.4) is 0 Å². The summed E-state index contributed by atoms with van der Waals surface area (Å²) in [7, 11) is 0. The third-order valence-electron chi connectivity index (χ3n) is 6.00. The van der Waals surface area contributed by atoms with E-state index in [1.807, 2.05) is 0 Å². The van der Waals surface area contributed by atoms with Crippen molar-refractivity contribution in [3.8, 4) is 0 Å². The van der Waals surface area contributed by atoms with Crippen LogP contribution in [-0.2, 0) is 17.8 Å². The molecule has 2 aliphatic heterocycles. The van der Waals surface area contributed by atoms with E-state index in [2.05, 4.69) is 70.7 Å². The number of aryl methyl sites for hydroxylation is 2. The lowest BCUT2D eigenvalue weighted by Gasteiger charge is -2.48. The van der Waals surface area contributed by atoms with Gasteiger partial charge in [-0.2, -0.15) is 5.10 Å². The van der Waals surface area contributed by atoms with Crippen LogP contribution < -0.4 is 0 Å². The second kappa shape index (κ2) is 7.51. The Hall–Kier alpha value is -1.69. The molecular formula is C21H30N4O. The highest BCUT2D eigenvalue weighted by Crippen LogP contribution is 2.30.